The average molecular weight is 330 g/mol. The lowest BCUT2D eigenvalue weighted by Gasteiger charge is -2.13. The van der Waals surface area contributed by atoms with Gasteiger partial charge in [-0.2, -0.15) is 5.10 Å². The van der Waals surface area contributed by atoms with E-state index < -0.39 is 22.0 Å². The Balaban J connectivity index is 2.25. The van der Waals surface area contributed by atoms with E-state index >= 15 is 0 Å². The standard InChI is InChI=1S/C11H12ClN5O3S/c1-7(17-6-14-5-15-17)11(18)16-10-4-8(21(13,19)20)2-3-9(10)12/h2-7H,1H3,(H,16,18)(H2,13,19,20). The third kappa shape index (κ3) is 3.57. The van der Waals surface area contributed by atoms with E-state index in [2.05, 4.69) is 15.4 Å². The zero-order valence-corrected chi connectivity index (χ0v) is 12.5. The molecule has 1 atom stereocenters. The van der Waals surface area contributed by atoms with Crippen molar-refractivity contribution in [1.29, 1.82) is 0 Å². The maximum absolute atomic E-state index is 12.1. The number of carbonyl (C=O) groups is 1. The zero-order valence-electron chi connectivity index (χ0n) is 10.9. The predicted octanol–water partition coefficient (Wildman–Crippen LogP) is 0.779. The Kier molecular flexibility index (Phi) is 4.26. The fraction of sp³-hybridized carbons (Fsp3) is 0.182. The molecule has 1 unspecified atom stereocenters. The summed E-state index contributed by atoms with van der Waals surface area (Å²) in [7, 11) is -3.88. The van der Waals surface area contributed by atoms with Crippen molar-refractivity contribution in [3.8, 4) is 0 Å². The number of amides is 1. The quantitative estimate of drug-likeness (QED) is 0.858. The van der Waals surface area contributed by atoms with Crippen LogP contribution in [0.3, 0.4) is 0 Å². The molecular weight excluding hydrogens is 318 g/mol. The first-order chi connectivity index (χ1) is 9.79. The van der Waals surface area contributed by atoms with Gasteiger partial charge in [0.25, 0.3) is 0 Å². The molecule has 1 heterocycles. The molecule has 1 aromatic carbocycles. The highest BCUT2D eigenvalue weighted by Gasteiger charge is 2.18. The molecule has 1 aromatic heterocycles. The SMILES string of the molecule is CC(C(=O)Nc1cc(S(N)(=O)=O)ccc1Cl)n1cncn1. The molecule has 0 bridgehead atoms. The van der Waals surface area contributed by atoms with Gasteiger partial charge < -0.3 is 5.32 Å². The number of carbonyl (C=O) groups excluding carboxylic acids is 1. The van der Waals surface area contributed by atoms with Crippen molar-refractivity contribution >= 4 is 33.2 Å². The number of sulfonamides is 1. The molecule has 2 rings (SSSR count). The topological polar surface area (TPSA) is 120 Å². The van der Waals surface area contributed by atoms with Gasteiger partial charge in [-0.1, -0.05) is 11.6 Å². The van der Waals surface area contributed by atoms with Crippen molar-refractivity contribution in [1.82, 2.24) is 14.8 Å². The van der Waals surface area contributed by atoms with Gasteiger partial charge in [-0.3, -0.25) is 4.79 Å². The number of primary sulfonamides is 1. The molecular formula is C11H12ClN5O3S. The number of hydrogen-bond acceptors (Lipinski definition) is 5. The van der Waals surface area contributed by atoms with Gasteiger partial charge in [0.2, 0.25) is 15.9 Å². The Morgan fingerprint density at radius 1 is 1.48 bits per heavy atom. The van der Waals surface area contributed by atoms with E-state index in [1.165, 1.54) is 35.5 Å². The number of hydrogen-bond donors (Lipinski definition) is 2. The Morgan fingerprint density at radius 2 is 2.19 bits per heavy atom. The van der Waals surface area contributed by atoms with Crippen molar-refractivity contribution in [3.63, 3.8) is 0 Å². The van der Waals surface area contributed by atoms with Gasteiger partial charge in [-0.15, -0.1) is 0 Å². The number of anilines is 1. The molecule has 0 aliphatic carbocycles. The molecule has 0 fully saturated rings. The van der Waals surface area contributed by atoms with Crippen LogP contribution in [0.4, 0.5) is 5.69 Å². The van der Waals surface area contributed by atoms with E-state index in [-0.39, 0.29) is 15.6 Å². The van der Waals surface area contributed by atoms with Crippen LogP contribution in [0.25, 0.3) is 0 Å². The second-order valence-electron chi connectivity index (χ2n) is 4.23. The minimum Gasteiger partial charge on any atom is -0.323 e. The smallest absolute Gasteiger partial charge is 0.249 e. The molecule has 2 aromatic rings. The summed E-state index contributed by atoms with van der Waals surface area (Å²) in [6.45, 7) is 1.61. The minimum atomic E-state index is -3.88. The minimum absolute atomic E-state index is 0.143. The van der Waals surface area contributed by atoms with Gasteiger partial charge in [-0.05, 0) is 25.1 Å². The van der Waals surface area contributed by atoms with Crippen LogP contribution in [0.5, 0.6) is 0 Å². The van der Waals surface area contributed by atoms with E-state index in [1.54, 1.807) is 6.92 Å². The lowest BCUT2D eigenvalue weighted by atomic mass is 10.2. The normalized spacial score (nSPS) is 12.9. The van der Waals surface area contributed by atoms with E-state index in [1.807, 2.05) is 0 Å². The molecule has 0 saturated carbocycles. The van der Waals surface area contributed by atoms with Crippen LogP contribution in [0.2, 0.25) is 5.02 Å². The highest BCUT2D eigenvalue weighted by atomic mass is 35.5. The lowest BCUT2D eigenvalue weighted by molar-refractivity contribution is -0.119. The van der Waals surface area contributed by atoms with Gasteiger partial charge in [0.1, 0.15) is 18.7 Å². The summed E-state index contributed by atoms with van der Waals surface area (Å²) in [5, 5.41) is 11.6. The number of halogens is 1. The van der Waals surface area contributed by atoms with Crippen LogP contribution in [0.1, 0.15) is 13.0 Å². The molecule has 0 aliphatic rings. The third-order valence-electron chi connectivity index (χ3n) is 2.74. The van der Waals surface area contributed by atoms with Crippen LogP contribution in [-0.4, -0.2) is 29.1 Å². The zero-order chi connectivity index (χ0) is 15.6. The number of nitrogens with one attached hydrogen (secondary N) is 1. The van der Waals surface area contributed by atoms with Crippen LogP contribution >= 0.6 is 11.6 Å². The Bertz CT molecular complexity index is 760. The molecule has 3 N–H and O–H groups in total. The summed E-state index contributed by atoms with van der Waals surface area (Å²) < 4.78 is 24.0. The first-order valence-electron chi connectivity index (χ1n) is 5.76. The summed E-state index contributed by atoms with van der Waals surface area (Å²) in [6.07, 6.45) is 2.70. The van der Waals surface area contributed by atoms with Gasteiger partial charge >= 0.3 is 0 Å². The molecule has 112 valence electrons. The average Bonchev–Trinajstić information content (AvgIpc) is 2.92. The number of nitrogens with two attached hydrogens (primary N) is 1. The molecule has 1 amide bonds. The Morgan fingerprint density at radius 3 is 2.76 bits per heavy atom. The second kappa shape index (κ2) is 5.80. The third-order valence-corrected chi connectivity index (χ3v) is 3.98. The second-order valence-corrected chi connectivity index (χ2v) is 6.20. The number of nitrogens with zero attached hydrogens (tertiary/aromatic N) is 3. The highest BCUT2D eigenvalue weighted by molar-refractivity contribution is 7.89. The van der Waals surface area contributed by atoms with E-state index in [0.29, 0.717) is 0 Å². The first-order valence-corrected chi connectivity index (χ1v) is 7.69. The van der Waals surface area contributed by atoms with Gasteiger partial charge in [0.15, 0.2) is 0 Å². The van der Waals surface area contributed by atoms with Crippen LogP contribution in [0, 0.1) is 0 Å². The summed E-state index contributed by atoms with van der Waals surface area (Å²) in [5.41, 5.74) is 0.153. The van der Waals surface area contributed by atoms with Crippen LogP contribution in [-0.2, 0) is 14.8 Å². The molecule has 8 nitrogen and oxygen atoms in total. The van der Waals surface area contributed by atoms with Crippen molar-refractivity contribution in [2.75, 3.05) is 5.32 Å². The number of benzene rings is 1. The molecule has 0 radical (unpaired) electrons. The fourth-order valence-corrected chi connectivity index (χ4v) is 2.26. The van der Waals surface area contributed by atoms with Crippen molar-refractivity contribution < 1.29 is 13.2 Å². The monoisotopic (exact) mass is 329 g/mol. The summed E-state index contributed by atoms with van der Waals surface area (Å²) >= 11 is 5.93. The molecule has 0 aliphatic heterocycles. The molecule has 0 spiro atoms. The van der Waals surface area contributed by atoms with Crippen molar-refractivity contribution in [3.05, 3.63) is 35.9 Å². The maximum atomic E-state index is 12.1. The largest absolute Gasteiger partial charge is 0.323 e. The molecule has 21 heavy (non-hydrogen) atoms. The number of rotatable bonds is 4. The maximum Gasteiger partial charge on any atom is 0.249 e. The molecule has 10 heteroatoms. The summed E-state index contributed by atoms with van der Waals surface area (Å²) in [4.78, 5) is 15.7. The Hall–Kier alpha value is -1.97. The predicted molar refractivity (Wildman–Crippen MR) is 76.2 cm³/mol. The van der Waals surface area contributed by atoms with Gasteiger partial charge in [-0.25, -0.2) is 23.2 Å². The summed E-state index contributed by atoms with van der Waals surface area (Å²) in [6, 6.07) is 3.16. The van der Waals surface area contributed by atoms with Crippen LogP contribution < -0.4 is 10.5 Å². The van der Waals surface area contributed by atoms with Crippen molar-refractivity contribution in [2.45, 2.75) is 17.9 Å². The van der Waals surface area contributed by atoms with Gasteiger partial charge in [0, 0.05) is 0 Å². The summed E-state index contributed by atoms with van der Waals surface area (Å²) in [5.74, 6) is -0.422. The van der Waals surface area contributed by atoms with Crippen molar-refractivity contribution in [2.24, 2.45) is 5.14 Å². The van der Waals surface area contributed by atoms with Crippen LogP contribution in [0.15, 0.2) is 35.7 Å². The Labute approximate surface area is 126 Å². The van der Waals surface area contributed by atoms with Gasteiger partial charge in [0.05, 0.1) is 15.6 Å². The first kappa shape index (κ1) is 15.4. The lowest BCUT2D eigenvalue weighted by Crippen LogP contribution is -2.24. The van der Waals surface area contributed by atoms with E-state index in [4.69, 9.17) is 16.7 Å². The fourth-order valence-electron chi connectivity index (χ4n) is 1.55. The number of aromatic nitrogens is 3. The van der Waals surface area contributed by atoms with E-state index in [0.717, 1.165) is 0 Å². The van der Waals surface area contributed by atoms with E-state index in [9.17, 15) is 13.2 Å². The molecule has 0 saturated heterocycles. The highest BCUT2D eigenvalue weighted by Crippen LogP contribution is 2.25.